The molecule has 1 aromatic heterocycles. The van der Waals surface area contributed by atoms with Crippen LogP contribution in [0.2, 0.25) is 0 Å². The summed E-state index contributed by atoms with van der Waals surface area (Å²) in [6.07, 6.45) is 6.41. The van der Waals surface area contributed by atoms with Crippen molar-refractivity contribution in [2.75, 3.05) is 20.2 Å². The molecule has 0 aliphatic heterocycles. The molecule has 0 saturated carbocycles. The monoisotopic (exact) mass is 197 g/mol. The highest BCUT2D eigenvalue weighted by Crippen LogP contribution is 1.88. The van der Waals surface area contributed by atoms with Gasteiger partial charge in [-0.25, -0.2) is 4.98 Å². The predicted octanol–water partition coefficient (Wildman–Crippen LogP) is 0.0358. The zero-order chi connectivity index (χ0) is 10.2. The topological polar surface area (TPSA) is 56.1 Å². The van der Waals surface area contributed by atoms with Crippen molar-refractivity contribution in [1.82, 2.24) is 14.9 Å². The fourth-order valence-electron chi connectivity index (χ4n) is 1.07. The molecule has 0 amide bonds. The molecule has 0 atom stereocenters. The summed E-state index contributed by atoms with van der Waals surface area (Å²) in [5.41, 5.74) is 0. The van der Waals surface area contributed by atoms with Gasteiger partial charge in [-0.3, -0.25) is 4.79 Å². The van der Waals surface area contributed by atoms with E-state index in [1.807, 2.05) is 10.8 Å². The molecular formula is C9H15N3O2. The number of imidazole rings is 1. The Kier molecular flexibility index (Phi) is 4.71. The number of nitrogens with one attached hydrogen (secondary N) is 1. The molecule has 1 heterocycles. The Labute approximate surface area is 83.1 Å². The maximum atomic E-state index is 10.7. The minimum atomic E-state index is -0.229. The van der Waals surface area contributed by atoms with Crippen molar-refractivity contribution in [3.63, 3.8) is 0 Å². The van der Waals surface area contributed by atoms with Crippen molar-refractivity contribution in [3.05, 3.63) is 18.7 Å². The first-order chi connectivity index (χ1) is 6.83. The lowest BCUT2D eigenvalue weighted by molar-refractivity contribution is -0.139. The minimum absolute atomic E-state index is 0.229. The van der Waals surface area contributed by atoms with E-state index < -0.39 is 0 Å². The van der Waals surface area contributed by atoms with Crippen molar-refractivity contribution in [2.45, 2.75) is 13.0 Å². The molecule has 0 aliphatic carbocycles. The first-order valence-electron chi connectivity index (χ1n) is 4.56. The second-order valence-electron chi connectivity index (χ2n) is 2.91. The van der Waals surface area contributed by atoms with E-state index in [1.165, 1.54) is 7.11 Å². The SMILES string of the molecule is COC(=O)CNCCCn1ccnc1. The quantitative estimate of drug-likeness (QED) is 0.516. The molecule has 78 valence electrons. The summed E-state index contributed by atoms with van der Waals surface area (Å²) >= 11 is 0. The van der Waals surface area contributed by atoms with E-state index in [0.717, 1.165) is 19.5 Å². The van der Waals surface area contributed by atoms with E-state index in [4.69, 9.17) is 0 Å². The zero-order valence-electron chi connectivity index (χ0n) is 8.27. The van der Waals surface area contributed by atoms with Gasteiger partial charge in [-0.05, 0) is 13.0 Å². The molecular weight excluding hydrogens is 182 g/mol. The van der Waals surface area contributed by atoms with E-state index in [9.17, 15) is 4.79 Å². The smallest absolute Gasteiger partial charge is 0.319 e. The van der Waals surface area contributed by atoms with Gasteiger partial charge >= 0.3 is 5.97 Å². The van der Waals surface area contributed by atoms with Crippen LogP contribution in [0.5, 0.6) is 0 Å². The number of aromatic nitrogens is 2. The van der Waals surface area contributed by atoms with Crippen molar-refractivity contribution >= 4 is 5.97 Å². The molecule has 0 radical (unpaired) electrons. The molecule has 0 aromatic carbocycles. The van der Waals surface area contributed by atoms with Crippen molar-refractivity contribution in [3.8, 4) is 0 Å². The largest absolute Gasteiger partial charge is 0.468 e. The molecule has 0 bridgehead atoms. The normalized spacial score (nSPS) is 10.1. The standard InChI is InChI=1S/C9H15N3O2/c1-14-9(13)7-10-3-2-5-12-6-4-11-8-12/h4,6,8,10H,2-3,5,7H2,1H3. The summed E-state index contributed by atoms with van der Waals surface area (Å²) in [4.78, 5) is 14.6. The summed E-state index contributed by atoms with van der Waals surface area (Å²) in [5.74, 6) is -0.229. The summed E-state index contributed by atoms with van der Waals surface area (Å²) in [6, 6.07) is 0. The zero-order valence-corrected chi connectivity index (χ0v) is 8.27. The van der Waals surface area contributed by atoms with Gasteiger partial charge in [-0.2, -0.15) is 0 Å². The molecule has 5 nitrogen and oxygen atoms in total. The summed E-state index contributed by atoms with van der Waals surface area (Å²) in [5, 5.41) is 2.99. The molecule has 0 saturated heterocycles. The predicted molar refractivity (Wildman–Crippen MR) is 51.7 cm³/mol. The summed E-state index contributed by atoms with van der Waals surface area (Å²) in [6.45, 7) is 1.99. The van der Waals surface area contributed by atoms with E-state index >= 15 is 0 Å². The maximum absolute atomic E-state index is 10.7. The number of nitrogens with zero attached hydrogens (tertiary/aromatic N) is 2. The second-order valence-corrected chi connectivity index (χ2v) is 2.91. The summed E-state index contributed by atoms with van der Waals surface area (Å²) < 4.78 is 6.49. The molecule has 0 spiro atoms. The van der Waals surface area contributed by atoms with Gasteiger partial charge in [-0.1, -0.05) is 0 Å². The Morgan fingerprint density at radius 3 is 3.14 bits per heavy atom. The van der Waals surface area contributed by atoms with Gasteiger partial charge < -0.3 is 14.6 Å². The lowest BCUT2D eigenvalue weighted by atomic mass is 10.4. The third-order valence-electron chi connectivity index (χ3n) is 1.83. The van der Waals surface area contributed by atoms with Crippen LogP contribution in [-0.2, 0) is 16.1 Å². The van der Waals surface area contributed by atoms with E-state index in [2.05, 4.69) is 15.0 Å². The van der Waals surface area contributed by atoms with Gasteiger partial charge in [0.2, 0.25) is 0 Å². The third kappa shape index (κ3) is 4.04. The van der Waals surface area contributed by atoms with Crippen LogP contribution in [-0.4, -0.2) is 35.7 Å². The van der Waals surface area contributed by atoms with Gasteiger partial charge in [0.25, 0.3) is 0 Å². The first kappa shape index (κ1) is 10.7. The number of carbonyl (C=O) groups is 1. The molecule has 1 rings (SSSR count). The third-order valence-corrected chi connectivity index (χ3v) is 1.83. The van der Waals surface area contributed by atoms with Crippen molar-refractivity contribution < 1.29 is 9.53 Å². The molecule has 0 aliphatic rings. The Bertz CT molecular complexity index is 259. The van der Waals surface area contributed by atoms with Crippen LogP contribution in [0.25, 0.3) is 0 Å². The van der Waals surface area contributed by atoms with E-state index in [-0.39, 0.29) is 12.5 Å². The van der Waals surface area contributed by atoms with Crippen LogP contribution < -0.4 is 5.32 Å². The van der Waals surface area contributed by atoms with Crippen molar-refractivity contribution in [2.24, 2.45) is 0 Å². The van der Waals surface area contributed by atoms with Crippen LogP contribution >= 0.6 is 0 Å². The molecule has 1 N–H and O–H groups in total. The lowest BCUT2D eigenvalue weighted by Crippen LogP contribution is -2.25. The van der Waals surface area contributed by atoms with E-state index in [0.29, 0.717) is 0 Å². The Balaban J connectivity index is 1.97. The minimum Gasteiger partial charge on any atom is -0.468 e. The van der Waals surface area contributed by atoms with Crippen LogP contribution in [0.3, 0.4) is 0 Å². The molecule has 5 heteroatoms. The Hall–Kier alpha value is -1.36. The molecule has 0 fully saturated rings. The number of esters is 1. The first-order valence-corrected chi connectivity index (χ1v) is 4.56. The van der Waals surface area contributed by atoms with Gasteiger partial charge in [0.15, 0.2) is 0 Å². The number of rotatable bonds is 6. The fraction of sp³-hybridized carbons (Fsp3) is 0.556. The van der Waals surface area contributed by atoms with Crippen LogP contribution in [0.4, 0.5) is 0 Å². The highest BCUT2D eigenvalue weighted by atomic mass is 16.5. The van der Waals surface area contributed by atoms with Crippen LogP contribution in [0.1, 0.15) is 6.42 Å². The number of hydrogen-bond donors (Lipinski definition) is 1. The van der Waals surface area contributed by atoms with Gasteiger partial charge in [0.1, 0.15) is 0 Å². The summed E-state index contributed by atoms with van der Waals surface area (Å²) in [7, 11) is 1.38. The molecule has 0 unspecified atom stereocenters. The van der Waals surface area contributed by atoms with Crippen molar-refractivity contribution in [1.29, 1.82) is 0 Å². The second kappa shape index (κ2) is 6.15. The lowest BCUT2D eigenvalue weighted by Gasteiger charge is -2.03. The molecule has 14 heavy (non-hydrogen) atoms. The van der Waals surface area contributed by atoms with Gasteiger partial charge in [-0.15, -0.1) is 0 Å². The van der Waals surface area contributed by atoms with Crippen LogP contribution in [0, 0.1) is 0 Å². The number of methoxy groups -OCH3 is 1. The van der Waals surface area contributed by atoms with E-state index in [1.54, 1.807) is 12.5 Å². The Morgan fingerprint density at radius 2 is 2.50 bits per heavy atom. The number of ether oxygens (including phenoxy) is 1. The number of carbonyl (C=O) groups excluding carboxylic acids is 1. The molecule has 1 aromatic rings. The Morgan fingerprint density at radius 1 is 1.64 bits per heavy atom. The number of hydrogen-bond acceptors (Lipinski definition) is 4. The highest BCUT2D eigenvalue weighted by molar-refractivity contribution is 5.71. The average molecular weight is 197 g/mol. The van der Waals surface area contributed by atoms with Crippen LogP contribution in [0.15, 0.2) is 18.7 Å². The average Bonchev–Trinajstić information content (AvgIpc) is 2.69. The van der Waals surface area contributed by atoms with Gasteiger partial charge in [0, 0.05) is 18.9 Å². The highest BCUT2D eigenvalue weighted by Gasteiger charge is 1.97. The number of aryl methyl sites for hydroxylation is 1. The van der Waals surface area contributed by atoms with Gasteiger partial charge in [0.05, 0.1) is 20.0 Å². The fourth-order valence-corrected chi connectivity index (χ4v) is 1.07. The maximum Gasteiger partial charge on any atom is 0.319 e.